The van der Waals surface area contributed by atoms with Crippen LogP contribution in [0, 0.1) is 0 Å². The molecule has 0 spiro atoms. The number of nitrogens with one attached hydrogen (secondary N) is 1. The van der Waals surface area contributed by atoms with Crippen molar-refractivity contribution in [2.75, 3.05) is 30.8 Å². The zero-order valence-electron chi connectivity index (χ0n) is 17.9. The number of rotatable bonds is 10. The van der Waals surface area contributed by atoms with Crippen LogP contribution in [0.3, 0.4) is 0 Å². The number of thioether (sulfide) groups is 1. The predicted octanol–water partition coefficient (Wildman–Crippen LogP) is 2.99. The van der Waals surface area contributed by atoms with Gasteiger partial charge < -0.3 is 14.6 Å². The van der Waals surface area contributed by atoms with Gasteiger partial charge in [-0.3, -0.25) is 4.79 Å². The standard InChI is InChI=1S/C18H24F3N5O4S2/c1-5-26(6-2)32(28,29)14-10-12(8-9-13(14)30-7-3)22-15(27)11-31-17-24-23-16(25(17)4)18(19,20)21/h8-10H,5-7,11H2,1-4H3,(H,22,27). The smallest absolute Gasteiger partial charge is 0.451 e. The van der Waals surface area contributed by atoms with Crippen molar-refractivity contribution in [1.82, 2.24) is 19.1 Å². The Labute approximate surface area is 188 Å². The molecule has 32 heavy (non-hydrogen) atoms. The second-order valence-electron chi connectivity index (χ2n) is 6.38. The summed E-state index contributed by atoms with van der Waals surface area (Å²) in [7, 11) is -2.71. The minimum absolute atomic E-state index is 0.0797. The highest BCUT2D eigenvalue weighted by Gasteiger charge is 2.37. The Kier molecular flexibility index (Phi) is 8.54. The van der Waals surface area contributed by atoms with Crippen molar-refractivity contribution in [2.45, 2.75) is 37.0 Å². The molecule has 2 rings (SSSR count). The Hall–Kier alpha value is -2.32. The zero-order chi connectivity index (χ0) is 24.1. The summed E-state index contributed by atoms with van der Waals surface area (Å²) in [5.74, 6) is -1.82. The quantitative estimate of drug-likeness (QED) is 0.505. The van der Waals surface area contributed by atoms with Gasteiger partial charge in [0, 0.05) is 25.8 Å². The van der Waals surface area contributed by atoms with E-state index in [4.69, 9.17) is 4.74 Å². The van der Waals surface area contributed by atoms with Gasteiger partial charge in [-0.05, 0) is 25.1 Å². The molecule has 1 N–H and O–H groups in total. The Morgan fingerprint density at radius 3 is 2.41 bits per heavy atom. The molecule has 2 aromatic rings. The summed E-state index contributed by atoms with van der Waals surface area (Å²) in [6.45, 7) is 5.91. The number of aromatic nitrogens is 3. The molecule has 1 aromatic heterocycles. The lowest BCUT2D eigenvalue weighted by Crippen LogP contribution is -2.31. The second kappa shape index (κ2) is 10.5. The summed E-state index contributed by atoms with van der Waals surface area (Å²) in [6.07, 6.45) is -4.65. The van der Waals surface area contributed by atoms with E-state index in [1.165, 1.54) is 22.5 Å². The molecule has 0 atom stereocenters. The Bertz CT molecular complexity index is 1050. The fourth-order valence-electron chi connectivity index (χ4n) is 2.78. The molecule has 1 amide bonds. The molecule has 178 valence electrons. The third-order valence-corrected chi connectivity index (χ3v) is 7.36. The number of anilines is 1. The largest absolute Gasteiger partial charge is 0.492 e. The molecule has 9 nitrogen and oxygen atoms in total. The van der Waals surface area contributed by atoms with Crippen molar-refractivity contribution >= 4 is 33.4 Å². The number of carbonyl (C=O) groups is 1. The van der Waals surface area contributed by atoms with Crippen LogP contribution in [0.2, 0.25) is 0 Å². The van der Waals surface area contributed by atoms with E-state index in [0.717, 1.165) is 23.4 Å². The average Bonchev–Trinajstić information content (AvgIpc) is 3.09. The van der Waals surface area contributed by atoms with Crippen LogP contribution in [0.15, 0.2) is 28.3 Å². The van der Waals surface area contributed by atoms with E-state index in [1.54, 1.807) is 20.8 Å². The van der Waals surface area contributed by atoms with Crippen LogP contribution in [0.5, 0.6) is 5.75 Å². The van der Waals surface area contributed by atoms with Gasteiger partial charge in [0.1, 0.15) is 10.6 Å². The zero-order valence-corrected chi connectivity index (χ0v) is 19.6. The number of amides is 1. The van der Waals surface area contributed by atoms with Crippen molar-refractivity contribution in [3.05, 3.63) is 24.0 Å². The third kappa shape index (κ3) is 5.92. The first-order valence-corrected chi connectivity index (χ1v) is 12.0. The topological polar surface area (TPSA) is 106 Å². The maximum atomic E-state index is 13.0. The summed E-state index contributed by atoms with van der Waals surface area (Å²) in [5.41, 5.74) is 0.207. The number of carbonyl (C=O) groups excluding carboxylic acids is 1. The molecule has 0 aliphatic heterocycles. The Morgan fingerprint density at radius 2 is 1.88 bits per heavy atom. The van der Waals surface area contributed by atoms with E-state index in [2.05, 4.69) is 15.5 Å². The normalized spacial score (nSPS) is 12.2. The number of hydrogen-bond donors (Lipinski definition) is 1. The lowest BCUT2D eigenvalue weighted by molar-refractivity contribution is -0.147. The van der Waals surface area contributed by atoms with Crippen LogP contribution in [0.1, 0.15) is 26.6 Å². The summed E-state index contributed by atoms with van der Waals surface area (Å²) in [6, 6.07) is 4.23. The molecule has 1 heterocycles. The van der Waals surface area contributed by atoms with E-state index in [-0.39, 0.29) is 46.9 Å². The number of hydrogen-bond acceptors (Lipinski definition) is 7. The molecule has 0 saturated heterocycles. The number of halogens is 3. The minimum atomic E-state index is -4.65. The number of ether oxygens (including phenoxy) is 1. The lowest BCUT2D eigenvalue weighted by Gasteiger charge is -2.21. The van der Waals surface area contributed by atoms with E-state index in [0.29, 0.717) is 0 Å². The molecule has 0 radical (unpaired) electrons. The highest BCUT2D eigenvalue weighted by Crippen LogP contribution is 2.31. The molecule has 0 aliphatic carbocycles. The fourth-order valence-corrected chi connectivity index (χ4v) is 5.11. The van der Waals surface area contributed by atoms with Gasteiger partial charge in [0.25, 0.3) is 0 Å². The summed E-state index contributed by atoms with van der Waals surface area (Å²) >= 11 is 0.771. The van der Waals surface area contributed by atoms with E-state index >= 15 is 0 Å². The molecule has 0 saturated carbocycles. The summed E-state index contributed by atoms with van der Waals surface area (Å²) in [5, 5.41) is 9.02. The molecule has 0 unspecified atom stereocenters. The molecular weight excluding hydrogens is 471 g/mol. The highest BCUT2D eigenvalue weighted by atomic mass is 32.2. The number of nitrogens with zero attached hydrogens (tertiary/aromatic N) is 4. The van der Waals surface area contributed by atoms with Gasteiger partial charge in [0.2, 0.25) is 21.8 Å². The van der Waals surface area contributed by atoms with Gasteiger partial charge in [0.05, 0.1) is 12.4 Å². The van der Waals surface area contributed by atoms with Crippen LogP contribution in [-0.2, 0) is 28.0 Å². The number of sulfonamides is 1. The SMILES string of the molecule is CCOc1ccc(NC(=O)CSc2nnc(C(F)(F)F)n2C)cc1S(=O)(=O)N(CC)CC. The monoisotopic (exact) mass is 495 g/mol. The van der Waals surface area contributed by atoms with Crippen molar-refractivity contribution in [3.63, 3.8) is 0 Å². The van der Waals surface area contributed by atoms with Crippen molar-refractivity contribution in [3.8, 4) is 5.75 Å². The van der Waals surface area contributed by atoms with Crippen LogP contribution in [0.25, 0.3) is 0 Å². The molecule has 0 aliphatic rings. The molecular formula is C18H24F3N5O4S2. The van der Waals surface area contributed by atoms with Crippen LogP contribution < -0.4 is 10.1 Å². The molecule has 0 fully saturated rings. The molecule has 1 aromatic carbocycles. The van der Waals surface area contributed by atoms with Gasteiger partial charge in [0.15, 0.2) is 5.16 Å². The van der Waals surface area contributed by atoms with Crippen molar-refractivity contribution in [1.29, 1.82) is 0 Å². The van der Waals surface area contributed by atoms with Crippen molar-refractivity contribution in [2.24, 2.45) is 7.05 Å². The lowest BCUT2D eigenvalue weighted by atomic mass is 10.3. The van der Waals surface area contributed by atoms with Crippen LogP contribution in [-0.4, -0.2) is 58.8 Å². The maximum Gasteiger partial charge on any atom is 0.451 e. The Morgan fingerprint density at radius 1 is 1.22 bits per heavy atom. The van der Waals surface area contributed by atoms with Crippen molar-refractivity contribution < 1.29 is 31.1 Å². The van der Waals surface area contributed by atoms with Gasteiger partial charge >= 0.3 is 6.18 Å². The number of benzene rings is 1. The van der Waals surface area contributed by atoms with Gasteiger partial charge in [-0.2, -0.15) is 17.5 Å². The van der Waals surface area contributed by atoms with E-state index < -0.39 is 27.9 Å². The summed E-state index contributed by atoms with van der Waals surface area (Å²) < 4.78 is 71.8. The van der Waals surface area contributed by atoms with E-state index in [9.17, 15) is 26.4 Å². The second-order valence-corrected chi connectivity index (χ2v) is 9.23. The highest BCUT2D eigenvalue weighted by molar-refractivity contribution is 7.99. The van der Waals surface area contributed by atoms with Gasteiger partial charge in [-0.25, -0.2) is 8.42 Å². The van der Waals surface area contributed by atoms with Crippen LogP contribution >= 0.6 is 11.8 Å². The molecule has 14 heteroatoms. The van der Waals surface area contributed by atoms with Gasteiger partial charge in [-0.15, -0.1) is 10.2 Å². The summed E-state index contributed by atoms with van der Waals surface area (Å²) in [4.78, 5) is 12.2. The van der Waals surface area contributed by atoms with E-state index in [1.807, 2.05) is 0 Å². The predicted molar refractivity (Wildman–Crippen MR) is 113 cm³/mol. The number of alkyl halides is 3. The van der Waals surface area contributed by atoms with Crippen LogP contribution in [0.4, 0.5) is 18.9 Å². The third-order valence-electron chi connectivity index (χ3n) is 4.27. The average molecular weight is 496 g/mol. The first-order chi connectivity index (χ1) is 14.9. The first kappa shape index (κ1) is 25.9. The fraction of sp³-hybridized carbons (Fsp3) is 0.500. The first-order valence-electron chi connectivity index (χ1n) is 9.61. The molecule has 0 bridgehead atoms. The van der Waals surface area contributed by atoms with Gasteiger partial charge in [-0.1, -0.05) is 25.6 Å². The minimum Gasteiger partial charge on any atom is -0.492 e. The Balaban J connectivity index is 2.19. The maximum absolute atomic E-state index is 13.0.